The Hall–Kier alpha value is -1.94. The summed E-state index contributed by atoms with van der Waals surface area (Å²) in [4.78, 5) is 29.8. The Morgan fingerprint density at radius 1 is 1.33 bits per heavy atom. The van der Waals surface area contributed by atoms with Crippen molar-refractivity contribution in [2.45, 2.75) is 17.9 Å². The van der Waals surface area contributed by atoms with Crippen LogP contribution in [0.1, 0.15) is 10.7 Å². The fourth-order valence-corrected chi connectivity index (χ4v) is 3.85. The number of halogens is 1. The van der Waals surface area contributed by atoms with E-state index in [1.807, 2.05) is 12.1 Å². The van der Waals surface area contributed by atoms with Crippen molar-refractivity contribution in [3.63, 3.8) is 0 Å². The van der Waals surface area contributed by atoms with E-state index in [9.17, 15) is 9.59 Å². The van der Waals surface area contributed by atoms with Crippen LogP contribution in [-0.2, 0) is 27.3 Å². The average Bonchev–Trinajstić information content (AvgIpc) is 3.08. The smallest absolute Gasteiger partial charge is 0.316 e. The normalized spacial score (nSPS) is 11.0. The lowest BCUT2D eigenvalue weighted by molar-refractivity contribution is -0.141. The average molecular weight is 426 g/mol. The molecular weight excluding hydrogens is 410 g/mol. The molecule has 7 nitrogen and oxygen atoms in total. The lowest BCUT2D eigenvalue weighted by Gasteiger charge is -2.04. The Kier molecular flexibility index (Phi) is 6.84. The van der Waals surface area contributed by atoms with E-state index in [-0.39, 0.29) is 23.9 Å². The Balaban J connectivity index is 1.58. The molecule has 1 aromatic carbocycles. The van der Waals surface area contributed by atoms with Gasteiger partial charge in [-0.15, -0.1) is 11.8 Å². The van der Waals surface area contributed by atoms with Gasteiger partial charge in [0.1, 0.15) is 11.6 Å². The van der Waals surface area contributed by atoms with E-state index in [0.717, 1.165) is 9.90 Å². The summed E-state index contributed by atoms with van der Waals surface area (Å²) in [6, 6.07) is 8.52. The van der Waals surface area contributed by atoms with Crippen LogP contribution in [0, 0.1) is 0 Å². The minimum Gasteiger partial charge on any atom is -0.459 e. The maximum Gasteiger partial charge on any atom is 0.316 e. The molecular formula is C17H16ClN3O4S2. The Morgan fingerprint density at radius 3 is 2.85 bits per heavy atom. The Morgan fingerprint density at radius 2 is 2.11 bits per heavy atom. The number of hydrogen-bond acceptors (Lipinski definition) is 8. The summed E-state index contributed by atoms with van der Waals surface area (Å²) in [5, 5.41) is 5.62. The molecule has 0 aliphatic rings. The molecule has 3 rings (SSSR count). The number of methoxy groups -OCH3 is 1. The van der Waals surface area contributed by atoms with Crippen molar-refractivity contribution < 1.29 is 14.3 Å². The van der Waals surface area contributed by atoms with Crippen molar-refractivity contribution in [3.8, 4) is 0 Å². The zero-order valence-electron chi connectivity index (χ0n) is 14.4. The number of carbonyl (C=O) groups excluding carboxylic acids is 1. The highest BCUT2D eigenvalue weighted by Crippen LogP contribution is 2.20. The second-order valence-corrected chi connectivity index (χ2v) is 7.95. The van der Waals surface area contributed by atoms with E-state index < -0.39 is 0 Å². The molecule has 0 radical (unpaired) electrons. The maximum absolute atomic E-state index is 12.2. The lowest BCUT2D eigenvalue weighted by atomic mass is 10.4. The number of hydrogen-bond donors (Lipinski definition) is 0. The molecule has 142 valence electrons. The first kappa shape index (κ1) is 19.8. The van der Waals surface area contributed by atoms with Crippen molar-refractivity contribution in [1.29, 1.82) is 0 Å². The quantitative estimate of drug-likeness (QED) is 0.405. The maximum atomic E-state index is 12.2. The third-order valence-electron chi connectivity index (χ3n) is 3.41. The van der Waals surface area contributed by atoms with E-state index in [4.69, 9.17) is 21.1 Å². The van der Waals surface area contributed by atoms with Gasteiger partial charge in [0, 0.05) is 29.5 Å². The number of fused-ring (bicyclic) bond motifs is 1. The fraction of sp³-hybridized carbons (Fsp3) is 0.294. The molecule has 3 aromatic rings. The van der Waals surface area contributed by atoms with Crippen LogP contribution in [0.3, 0.4) is 0 Å². The SMILES string of the molecule is COCCc1nn2c(=O)cc(COC(=O)CSc3ccc(Cl)cc3)nc2s1. The second kappa shape index (κ2) is 9.32. The largest absolute Gasteiger partial charge is 0.459 e. The first-order valence-electron chi connectivity index (χ1n) is 7.97. The van der Waals surface area contributed by atoms with Crippen LogP contribution in [0.15, 0.2) is 40.0 Å². The predicted octanol–water partition coefficient (Wildman–Crippen LogP) is 2.83. The molecule has 0 atom stereocenters. The van der Waals surface area contributed by atoms with Crippen molar-refractivity contribution >= 4 is 45.6 Å². The number of benzene rings is 1. The Labute approximate surface area is 168 Å². The molecule has 0 saturated carbocycles. The number of carbonyl (C=O) groups is 1. The summed E-state index contributed by atoms with van der Waals surface area (Å²) >= 11 is 8.49. The van der Waals surface area contributed by atoms with E-state index in [1.165, 1.54) is 33.7 Å². The first-order chi connectivity index (χ1) is 13.0. The van der Waals surface area contributed by atoms with Gasteiger partial charge in [-0.3, -0.25) is 9.59 Å². The van der Waals surface area contributed by atoms with Crippen molar-refractivity contribution in [2.75, 3.05) is 19.5 Å². The lowest BCUT2D eigenvalue weighted by Crippen LogP contribution is -2.17. The monoisotopic (exact) mass is 425 g/mol. The number of nitrogens with zero attached hydrogens (tertiary/aromatic N) is 3. The second-order valence-electron chi connectivity index (χ2n) is 5.42. The van der Waals surface area contributed by atoms with E-state index in [2.05, 4.69) is 10.1 Å². The molecule has 27 heavy (non-hydrogen) atoms. The van der Waals surface area contributed by atoms with Crippen LogP contribution < -0.4 is 5.56 Å². The number of esters is 1. The minimum absolute atomic E-state index is 0.0585. The highest BCUT2D eigenvalue weighted by molar-refractivity contribution is 8.00. The summed E-state index contributed by atoms with van der Waals surface area (Å²) in [5.74, 6) is -0.230. The molecule has 0 amide bonds. The van der Waals surface area contributed by atoms with Gasteiger partial charge >= 0.3 is 5.97 Å². The highest BCUT2D eigenvalue weighted by Gasteiger charge is 2.11. The third kappa shape index (κ3) is 5.52. The summed E-state index contributed by atoms with van der Waals surface area (Å²) in [6.45, 7) is 0.460. The van der Waals surface area contributed by atoms with Gasteiger partial charge in [0.25, 0.3) is 5.56 Å². The van der Waals surface area contributed by atoms with Crippen LogP contribution in [0.4, 0.5) is 0 Å². The predicted molar refractivity (Wildman–Crippen MR) is 105 cm³/mol. The van der Waals surface area contributed by atoms with Gasteiger partial charge in [0.2, 0.25) is 4.96 Å². The summed E-state index contributed by atoms with van der Waals surface area (Å²) in [5.41, 5.74) is 0.0910. The molecule has 2 aromatic heterocycles. The third-order valence-corrected chi connectivity index (χ3v) is 5.62. The van der Waals surface area contributed by atoms with Crippen LogP contribution >= 0.6 is 34.7 Å². The summed E-state index contributed by atoms with van der Waals surface area (Å²) < 4.78 is 11.5. The van der Waals surface area contributed by atoms with Gasteiger partial charge in [-0.05, 0) is 24.3 Å². The molecule has 2 heterocycles. The molecule has 0 saturated heterocycles. The van der Waals surface area contributed by atoms with Gasteiger partial charge in [0.15, 0.2) is 0 Å². The van der Waals surface area contributed by atoms with Crippen LogP contribution in [0.5, 0.6) is 0 Å². The Bertz CT molecular complexity index is 988. The number of rotatable bonds is 8. The summed E-state index contributed by atoms with van der Waals surface area (Å²) in [6.07, 6.45) is 0.607. The molecule has 0 bridgehead atoms. The van der Waals surface area contributed by atoms with Crippen molar-refractivity contribution in [2.24, 2.45) is 0 Å². The number of aromatic nitrogens is 3. The first-order valence-corrected chi connectivity index (χ1v) is 10.1. The zero-order chi connectivity index (χ0) is 19.2. The van der Waals surface area contributed by atoms with Crippen LogP contribution in [0.25, 0.3) is 4.96 Å². The van der Waals surface area contributed by atoms with Crippen LogP contribution in [-0.4, -0.2) is 40.0 Å². The molecule has 0 unspecified atom stereocenters. The van der Waals surface area contributed by atoms with Gasteiger partial charge < -0.3 is 9.47 Å². The fourth-order valence-electron chi connectivity index (χ4n) is 2.13. The standard InChI is InChI=1S/C17H16ClN3O4S2/c1-24-7-6-14-20-21-15(22)8-12(19-17(21)27-14)9-25-16(23)10-26-13-4-2-11(18)3-5-13/h2-5,8H,6-7,9-10H2,1H3. The zero-order valence-corrected chi connectivity index (χ0v) is 16.8. The molecule has 0 aliphatic heterocycles. The minimum atomic E-state index is -0.387. The highest BCUT2D eigenvalue weighted by atomic mass is 35.5. The number of ether oxygens (including phenoxy) is 2. The van der Waals surface area contributed by atoms with Gasteiger partial charge in [0.05, 0.1) is 18.1 Å². The molecule has 0 fully saturated rings. The van der Waals surface area contributed by atoms with Crippen molar-refractivity contribution in [1.82, 2.24) is 14.6 Å². The van der Waals surface area contributed by atoms with E-state index in [1.54, 1.807) is 19.2 Å². The van der Waals surface area contributed by atoms with E-state index in [0.29, 0.717) is 28.7 Å². The molecule has 10 heteroatoms. The topological polar surface area (TPSA) is 82.8 Å². The molecule has 0 aliphatic carbocycles. The number of thioether (sulfide) groups is 1. The molecule has 0 N–H and O–H groups in total. The summed E-state index contributed by atoms with van der Waals surface area (Å²) in [7, 11) is 1.61. The van der Waals surface area contributed by atoms with Gasteiger partial charge in [-0.25, -0.2) is 4.98 Å². The molecule has 0 spiro atoms. The van der Waals surface area contributed by atoms with Gasteiger partial charge in [-0.1, -0.05) is 22.9 Å². The van der Waals surface area contributed by atoms with E-state index >= 15 is 0 Å². The van der Waals surface area contributed by atoms with Crippen LogP contribution in [0.2, 0.25) is 5.02 Å². The van der Waals surface area contributed by atoms with Crippen molar-refractivity contribution in [3.05, 3.63) is 56.4 Å². The van der Waals surface area contributed by atoms with Gasteiger partial charge in [-0.2, -0.15) is 9.61 Å².